The lowest BCUT2D eigenvalue weighted by Gasteiger charge is -2.48. The van der Waals surface area contributed by atoms with E-state index in [2.05, 4.69) is 10.3 Å². The van der Waals surface area contributed by atoms with E-state index < -0.39 is 35.0 Å². The van der Waals surface area contributed by atoms with Gasteiger partial charge in [-0.3, -0.25) is 19.3 Å². The van der Waals surface area contributed by atoms with Gasteiger partial charge < -0.3 is 16.2 Å². The predicted octanol–water partition coefficient (Wildman–Crippen LogP) is -0.724. The molecule has 11 heteroatoms. The van der Waals surface area contributed by atoms with Gasteiger partial charge in [-0.2, -0.15) is 0 Å². The number of aliphatic carboxylic acids is 1. The van der Waals surface area contributed by atoms with Crippen LogP contribution in [0.1, 0.15) is 10.5 Å². The quantitative estimate of drug-likeness (QED) is 0.365. The molecule has 0 bridgehead atoms. The average Bonchev–Trinajstić information content (AvgIpc) is 2.96. The average molecular weight is 354 g/mol. The first-order valence-electron chi connectivity index (χ1n) is 6.34. The van der Waals surface area contributed by atoms with E-state index in [0.29, 0.717) is 5.75 Å². The van der Waals surface area contributed by atoms with Gasteiger partial charge in [0.25, 0.3) is 17.6 Å². The number of nitrogens with two attached hydrogens (primary N) is 1. The molecular formula is C12H10N4O5S2. The summed E-state index contributed by atoms with van der Waals surface area (Å²) >= 11 is 2.33. The van der Waals surface area contributed by atoms with E-state index in [4.69, 9.17) is 10.8 Å². The maximum Gasteiger partial charge on any atom is 0.352 e. The van der Waals surface area contributed by atoms with Gasteiger partial charge in [-0.1, -0.05) is 0 Å². The summed E-state index contributed by atoms with van der Waals surface area (Å²) in [6.07, 6.45) is 1.43. The van der Waals surface area contributed by atoms with Gasteiger partial charge in [-0.05, 0) is 6.08 Å². The molecule has 1 aromatic heterocycles. The molecule has 3 heterocycles. The topological polar surface area (TPSA) is 143 Å². The summed E-state index contributed by atoms with van der Waals surface area (Å²) in [6.45, 7) is 0. The maximum absolute atomic E-state index is 12.1. The van der Waals surface area contributed by atoms with E-state index in [-0.39, 0.29) is 16.5 Å². The Balaban J connectivity index is 1.69. The van der Waals surface area contributed by atoms with E-state index in [0.717, 1.165) is 16.2 Å². The molecule has 3 rings (SSSR count). The number of fused-ring (bicyclic) bond motifs is 1. The number of carboxylic acids is 1. The fourth-order valence-corrected chi connectivity index (χ4v) is 3.99. The summed E-state index contributed by atoms with van der Waals surface area (Å²) in [7, 11) is 0. The normalized spacial score (nSPS) is 22.7. The molecule has 0 aromatic carbocycles. The molecule has 2 aliphatic rings. The first-order valence-corrected chi connectivity index (χ1v) is 8.27. The number of carboxylic acid groups (broad SMARTS) is 1. The van der Waals surface area contributed by atoms with Crippen LogP contribution < -0.4 is 11.1 Å². The Kier molecular flexibility index (Phi) is 3.82. The number of carbonyl (C=O) groups excluding carboxylic acids is 3. The van der Waals surface area contributed by atoms with Crippen LogP contribution in [0.25, 0.3) is 0 Å². The minimum Gasteiger partial charge on any atom is -0.477 e. The smallest absolute Gasteiger partial charge is 0.352 e. The van der Waals surface area contributed by atoms with Crippen LogP contribution in [-0.4, -0.2) is 55.7 Å². The minimum atomic E-state index is -1.21. The summed E-state index contributed by atoms with van der Waals surface area (Å²) in [4.78, 5) is 51.8. The first kappa shape index (κ1) is 15.5. The van der Waals surface area contributed by atoms with Gasteiger partial charge in [-0.25, -0.2) is 9.78 Å². The SMILES string of the molecule is Nc1nc(C(=O)C(=O)N[C@@H]2C(=O)N3C(C(=O)O)=CCS[C@H]23)cs1. The second kappa shape index (κ2) is 5.66. The fourth-order valence-electron chi connectivity index (χ4n) is 2.25. The third kappa shape index (κ3) is 2.57. The molecule has 0 aliphatic carbocycles. The summed E-state index contributed by atoms with van der Waals surface area (Å²) < 4.78 is 0. The van der Waals surface area contributed by atoms with Crippen LogP contribution in [0.3, 0.4) is 0 Å². The van der Waals surface area contributed by atoms with Crippen molar-refractivity contribution in [2.24, 2.45) is 0 Å². The zero-order valence-electron chi connectivity index (χ0n) is 11.4. The predicted molar refractivity (Wildman–Crippen MR) is 81.6 cm³/mol. The highest BCUT2D eigenvalue weighted by Gasteiger charge is 2.53. The minimum absolute atomic E-state index is 0.0870. The highest BCUT2D eigenvalue weighted by Crippen LogP contribution is 2.37. The number of amides is 2. The molecule has 0 unspecified atom stereocenters. The highest BCUT2D eigenvalue weighted by molar-refractivity contribution is 8.00. The molecule has 9 nitrogen and oxygen atoms in total. The number of anilines is 1. The molecule has 1 aromatic rings. The van der Waals surface area contributed by atoms with Crippen molar-refractivity contribution in [2.45, 2.75) is 11.4 Å². The molecule has 0 saturated carbocycles. The Labute approximate surface area is 137 Å². The van der Waals surface area contributed by atoms with E-state index in [1.54, 1.807) is 0 Å². The van der Waals surface area contributed by atoms with E-state index in [1.165, 1.54) is 23.2 Å². The van der Waals surface area contributed by atoms with Crippen molar-refractivity contribution in [1.82, 2.24) is 15.2 Å². The number of hydrogen-bond donors (Lipinski definition) is 3. The van der Waals surface area contributed by atoms with Crippen molar-refractivity contribution in [3.05, 3.63) is 22.8 Å². The van der Waals surface area contributed by atoms with Crippen molar-refractivity contribution in [2.75, 3.05) is 11.5 Å². The van der Waals surface area contributed by atoms with Gasteiger partial charge in [0.05, 0.1) is 0 Å². The zero-order valence-corrected chi connectivity index (χ0v) is 13.0. The lowest BCUT2D eigenvalue weighted by molar-refractivity contribution is -0.150. The number of Topliss-reactive ketones (excluding diaryl/α,β-unsaturated/α-hetero) is 1. The molecule has 2 amide bonds. The molecule has 0 spiro atoms. The van der Waals surface area contributed by atoms with Crippen LogP contribution in [0.5, 0.6) is 0 Å². The van der Waals surface area contributed by atoms with Crippen LogP contribution >= 0.6 is 23.1 Å². The van der Waals surface area contributed by atoms with E-state index in [9.17, 15) is 19.2 Å². The molecule has 2 atom stereocenters. The highest BCUT2D eigenvalue weighted by atomic mass is 32.2. The summed E-state index contributed by atoms with van der Waals surface area (Å²) in [5.41, 5.74) is 5.21. The fraction of sp³-hybridized carbons (Fsp3) is 0.250. The van der Waals surface area contributed by atoms with Crippen LogP contribution in [0, 0.1) is 0 Å². The second-order valence-electron chi connectivity index (χ2n) is 4.68. The summed E-state index contributed by atoms with van der Waals surface area (Å²) in [5.74, 6) is -3.23. The van der Waals surface area contributed by atoms with Gasteiger partial charge >= 0.3 is 5.97 Å². The number of nitrogens with zero attached hydrogens (tertiary/aromatic N) is 2. The number of nitrogens with one attached hydrogen (secondary N) is 1. The molecule has 120 valence electrons. The van der Waals surface area contributed by atoms with Crippen LogP contribution in [0.2, 0.25) is 0 Å². The molecule has 4 N–H and O–H groups in total. The van der Waals surface area contributed by atoms with E-state index in [1.807, 2.05) is 0 Å². The Morgan fingerprint density at radius 3 is 2.78 bits per heavy atom. The van der Waals surface area contributed by atoms with Gasteiger partial charge in [0.15, 0.2) is 5.13 Å². The molecule has 2 aliphatic heterocycles. The van der Waals surface area contributed by atoms with Crippen molar-refractivity contribution < 1.29 is 24.3 Å². The number of thioether (sulfide) groups is 1. The second-order valence-corrected chi connectivity index (χ2v) is 6.72. The van der Waals surface area contributed by atoms with Gasteiger partial charge in [0.1, 0.15) is 22.8 Å². The lowest BCUT2D eigenvalue weighted by Crippen LogP contribution is -2.70. The van der Waals surface area contributed by atoms with Gasteiger partial charge in [0.2, 0.25) is 0 Å². The van der Waals surface area contributed by atoms with Crippen LogP contribution in [0.4, 0.5) is 5.13 Å². The molecule has 1 fully saturated rings. The van der Waals surface area contributed by atoms with Crippen molar-refractivity contribution >= 4 is 51.8 Å². The van der Waals surface area contributed by atoms with Crippen molar-refractivity contribution in [3.8, 4) is 0 Å². The largest absolute Gasteiger partial charge is 0.477 e. The van der Waals surface area contributed by atoms with Crippen molar-refractivity contribution in [1.29, 1.82) is 0 Å². The van der Waals surface area contributed by atoms with E-state index >= 15 is 0 Å². The molecular weight excluding hydrogens is 344 g/mol. The zero-order chi connectivity index (χ0) is 16.7. The number of thiazole rings is 1. The lowest BCUT2D eigenvalue weighted by atomic mass is 10.0. The van der Waals surface area contributed by atoms with Crippen LogP contribution in [-0.2, 0) is 14.4 Å². The number of carbonyl (C=O) groups is 4. The maximum atomic E-state index is 12.1. The number of ketones is 1. The summed E-state index contributed by atoms with van der Waals surface area (Å²) in [5, 5.41) is 12.4. The third-order valence-electron chi connectivity index (χ3n) is 3.31. The van der Waals surface area contributed by atoms with Crippen LogP contribution in [0.15, 0.2) is 17.2 Å². The standard InChI is InChI=1S/C12H10N4O5S2/c13-12-14-4(3-23-12)7(17)8(18)15-6-9(19)16-5(11(20)21)1-2-22-10(6)16/h1,3,6,10H,2H2,(H2,13,14)(H,15,18)(H,20,21)/t6-,10-/m1/s1. The Bertz CT molecular complexity index is 758. The molecule has 23 heavy (non-hydrogen) atoms. The monoisotopic (exact) mass is 354 g/mol. The molecule has 0 radical (unpaired) electrons. The Morgan fingerprint density at radius 2 is 2.17 bits per heavy atom. The van der Waals surface area contributed by atoms with Crippen molar-refractivity contribution in [3.63, 3.8) is 0 Å². The number of β-lactam (4-membered cyclic amide) rings is 1. The number of aromatic nitrogens is 1. The third-order valence-corrected chi connectivity index (χ3v) is 5.17. The number of nitrogen functional groups attached to an aromatic ring is 1. The summed E-state index contributed by atoms with van der Waals surface area (Å²) in [6, 6.07) is -0.935. The Morgan fingerprint density at radius 1 is 1.43 bits per heavy atom. The Hall–Kier alpha value is -2.40. The van der Waals surface area contributed by atoms with Gasteiger partial charge in [0, 0.05) is 11.1 Å². The van der Waals surface area contributed by atoms with Gasteiger partial charge in [-0.15, -0.1) is 23.1 Å². The number of hydrogen-bond acceptors (Lipinski definition) is 8. The molecule has 1 saturated heterocycles. The first-order chi connectivity index (χ1) is 10.9. The number of rotatable bonds is 4.